The van der Waals surface area contributed by atoms with Crippen molar-refractivity contribution in [1.82, 2.24) is 0 Å². The predicted molar refractivity (Wildman–Crippen MR) is 83.8 cm³/mol. The summed E-state index contributed by atoms with van der Waals surface area (Å²) in [5.41, 5.74) is 5.30. The number of para-hydroxylation sites is 1. The molecule has 1 atom stereocenters. The zero-order chi connectivity index (χ0) is 14.5. The molecule has 0 aromatic heterocycles. The third-order valence-electron chi connectivity index (χ3n) is 3.64. The molecule has 1 N–H and O–H groups in total. The lowest BCUT2D eigenvalue weighted by Crippen LogP contribution is -2.09. The van der Waals surface area contributed by atoms with Crippen LogP contribution in [0.15, 0.2) is 42.5 Å². The fraction of sp³-hybridized carbons (Fsp3) is 0.278. The number of hydrogen-bond acceptors (Lipinski definition) is 2. The third kappa shape index (κ3) is 3.00. The van der Waals surface area contributed by atoms with E-state index in [1.54, 1.807) is 0 Å². The van der Waals surface area contributed by atoms with Crippen molar-refractivity contribution >= 4 is 5.69 Å². The summed E-state index contributed by atoms with van der Waals surface area (Å²) in [4.78, 5) is 0. The van der Waals surface area contributed by atoms with Crippen LogP contribution in [0.4, 0.5) is 5.69 Å². The van der Waals surface area contributed by atoms with Crippen LogP contribution in [0.3, 0.4) is 0 Å². The lowest BCUT2D eigenvalue weighted by Gasteiger charge is -2.18. The van der Waals surface area contributed by atoms with Crippen molar-refractivity contribution in [2.45, 2.75) is 33.2 Å². The second kappa shape index (κ2) is 6.25. The Kier molecular flexibility index (Phi) is 4.42. The van der Waals surface area contributed by atoms with Gasteiger partial charge in [0, 0.05) is 6.04 Å². The summed E-state index contributed by atoms with van der Waals surface area (Å²) in [6.07, 6.45) is 1.05. The highest BCUT2D eigenvalue weighted by molar-refractivity contribution is 5.63. The molecule has 2 heteroatoms. The van der Waals surface area contributed by atoms with Crippen molar-refractivity contribution in [3.8, 4) is 6.07 Å². The molecule has 2 rings (SSSR count). The van der Waals surface area contributed by atoms with Gasteiger partial charge in [-0.3, -0.25) is 0 Å². The molecule has 2 nitrogen and oxygen atoms in total. The van der Waals surface area contributed by atoms with Gasteiger partial charge in [-0.15, -0.1) is 0 Å². The molecule has 20 heavy (non-hydrogen) atoms. The lowest BCUT2D eigenvalue weighted by atomic mass is 10.0. The van der Waals surface area contributed by atoms with E-state index in [1.807, 2.05) is 25.1 Å². The Morgan fingerprint density at radius 3 is 2.45 bits per heavy atom. The van der Waals surface area contributed by atoms with Crippen LogP contribution in [0.25, 0.3) is 0 Å². The van der Waals surface area contributed by atoms with Gasteiger partial charge in [0.2, 0.25) is 0 Å². The average Bonchev–Trinajstić information content (AvgIpc) is 2.49. The molecule has 0 aliphatic heterocycles. The fourth-order valence-corrected chi connectivity index (χ4v) is 2.29. The van der Waals surface area contributed by atoms with Gasteiger partial charge in [-0.25, -0.2) is 0 Å². The van der Waals surface area contributed by atoms with Crippen LogP contribution in [0.2, 0.25) is 0 Å². The van der Waals surface area contributed by atoms with Crippen LogP contribution in [-0.2, 0) is 6.42 Å². The fourth-order valence-electron chi connectivity index (χ4n) is 2.29. The van der Waals surface area contributed by atoms with Crippen molar-refractivity contribution in [2.24, 2.45) is 0 Å². The normalized spacial score (nSPS) is 11.7. The van der Waals surface area contributed by atoms with E-state index in [0.29, 0.717) is 5.56 Å². The molecule has 0 aliphatic carbocycles. The number of nitrogens with zero attached hydrogens (tertiary/aromatic N) is 1. The van der Waals surface area contributed by atoms with Crippen molar-refractivity contribution in [1.29, 1.82) is 5.26 Å². The second-order valence-corrected chi connectivity index (χ2v) is 5.07. The summed E-state index contributed by atoms with van der Waals surface area (Å²) in [7, 11) is 0. The topological polar surface area (TPSA) is 35.8 Å². The minimum atomic E-state index is 0.175. The van der Waals surface area contributed by atoms with E-state index in [1.165, 1.54) is 11.1 Å². The molecule has 0 aliphatic rings. The van der Waals surface area contributed by atoms with Gasteiger partial charge in [0.25, 0.3) is 0 Å². The summed E-state index contributed by atoms with van der Waals surface area (Å²) in [6.45, 7) is 6.30. The highest BCUT2D eigenvalue weighted by Crippen LogP contribution is 2.25. The molecule has 0 saturated carbocycles. The second-order valence-electron chi connectivity index (χ2n) is 5.07. The minimum absolute atomic E-state index is 0.175. The van der Waals surface area contributed by atoms with Gasteiger partial charge in [0.05, 0.1) is 11.3 Å². The van der Waals surface area contributed by atoms with Gasteiger partial charge in [-0.1, -0.05) is 43.3 Å². The largest absolute Gasteiger partial charge is 0.377 e. The maximum atomic E-state index is 9.20. The molecule has 0 spiro atoms. The van der Waals surface area contributed by atoms with E-state index in [2.05, 4.69) is 49.5 Å². The van der Waals surface area contributed by atoms with Crippen molar-refractivity contribution in [2.75, 3.05) is 5.32 Å². The van der Waals surface area contributed by atoms with Crippen molar-refractivity contribution in [3.05, 3.63) is 64.7 Å². The molecular weight excluding hydrogens is 244 g/mol. The smallest absolute Gasteiger partial charge is 0.101 e. The van der Waals surface area contributed by atoms with Gasteiger partial charge < -0.3 is 5.32 Å². The highest BCUT2D eigenvalue weighted by Gasteiger charge is 2.10. The highest BCUT2D eigenvalue weighted by atomic mass is 14.9. The Morgan fingerprint density at radius 2 is 1.85 bits per heavy atom. The first-order chi connectivity index (χ1) is 9.65. The number of nitriles is 1. The van der Waals surface area contributed by atoms with E-state index in [9.17, 15) is 5.26 Å². The predicted octanol–water partition coefficient (Wildman–Crippen LogP) is 4.60. The zero-order valence-corrected chi connectivity index (χ0v) is 12.3. The number of rotatable bonds is 4. The molecular formula is C18H20N2. The van der Waals surface area contributed by atoms with Gasteiger partial charge >= 0.3 is 0 Å². The summed E-state index contributed by atoms with van der Waals surface area (Å²) in [5, 5.41) is 12.7. The van der Waals surface area contributed by atoms with Gasteiger partial charge in [0.15, 0.2) is 0 Å². The SMILES string of the molecule is CCc1ccc(C(C)Nc2c(C)cccc2C#N)cc1. The van der Waals surface area contributed by atoms with Crippen molar-refractivity contribution in [3.63, 3.8) is 0 Å². The minimum Gasteiger partial charge on any atom is -0.377 e. The van der Waals surface area contributed by atoms with E-state index >= 15 is 0 Å². The van der Waals surface area contributed by atoms with Crippen LogP contribution in [-0.4, -0.2) is 0 Å². The Balaban J connectivity index is 2.23. The number of anilines is 1. The first-order valence-corrected chi connectivity index (χ1v) is 7.00. The van der Waals surface area contributed by atoms with Gasteiger partial charge in [-0.2, -0.15) is 5.26 Å². The Morgan fingerprint density at radius 1 is 1.15 bits per heavy atom. The standard InChI is InChI=1S/C18H20N2/c1-4-15-8-10-16(11-9-15)14(3)20-18-13(2)6-5-7-17(18)12-19/h5-11,14,20H,4H2,1-3H3. The molecule has 0 radical (unpaired) electrons. The molecule has 102 valence electrons. The van der Waals surface area contributed by atoms with Crippen LogP contribution < -0.4 is 5.32 Å². The third-order valence-corrected chi connectivity index (χ3v) is 3.64. The summed E-state index contributed by atoms with van der Waals surface area (Å²) in [5.74, 6) is 0. The van der Waals surface area contributed by atoms with Crippen LogP contribution in [0.1, 0.15) is 42.1 Å². The van der Waals surface area contributed by atoms with Crippen LogP contribution in [0, 0.1) is 18.3 Å². The van der Waals surface area contributed by atoms with E-state index in [0.717, 1.165) is 17.7 Å². The van der Waals surface area contributed by atoms with Gasteiger partial charge in [0.1, 0.15) is 6.07 Å². The van der Waals surface area contributed by atoms with E-state index in [4.69, 9.17) is 0 Å². The summed E-state index contributed by atoms with van der Waals surface area (Å²) >= 11 is 0. The zero-order valence-electron chi connectivity index (χ0n) is 12.3. The first-order valence-electron chi connectivity index (χ1n) is 7.00. The van der Waals surface area contributed by atoms with E-state index < -0.39 is 0 Å². The maximum absolute atomic E-state index is 9.20. The maximum Gasteiger partial charge on any atom is 0.101 e. The Bertz CT molecular complexity index is 621. The molecule has 2 aromatic rings. The molecule has 0 heterocycles. The first kappa shape index (κ1) is 14.1. The molecule has 1 unspecified atom stereocenters. The van der Waals surface area contributed by atoms with Crippen LogP contribution >= 0.6 is 0 Å². The molecule has 0 fully saturated rings. The molecule has 2 aromatic carbocycles. The summed E-state index contributed by atoms with van der Waals surface area (Å²) in [6, 6.07) is 16.8. The molecule has 0 amide bonds. The van der Waals surface area contributed by atoms with E-state index in [-0.39, 0.29) is 6.04 Å². The number of benzene rings is 2. The quantitative estimate of drug-likeness (QED) is 0.875. The Hall–Kier alpha value is -2.27. The molecule has 0 bridgehead atoms. The average molecular weight is 264 g/mol. The van der Waals surface area contributed by atoms with Crippen molar-refractivity contribution < 1.29 is 0 Å². The van der Waals surface area contributed by atoms with Crippen LogP contribution in [0.5, 0.6) is 0 Å². The molecule has 0 saturated heterocycles. The number of nitrogens with one attached hydrogen (secondary N) is 1. The Labute approximate surface area is 121 Å². The number of hydrogen-bond donors (Lipinski definition) is 1. The lowest BCUT2D eigenvalue weighted by molar-refractivity contribution is 0.879. The number of aryl methyl sites for hydroxylation is 2. The van der Waals surface area contributed by atoms with Gasteiger partial charge in [-0.05, 0) is 43.0 Å². The summed E-state index contributed by atoms with van der Waals surface area (Å²) < 4.78 is 0. The monoisotopic (exact) mass is 264 g/mol.